The fourth-order valence-electron chi connectivity index (χ4n) is 2.08. The number of carbonyl (C=O) groups is 2. The summed E-state index contributed by atoms with van der Waals surface area (Å²) >= 11 is 0. The molecule has 1 fully saturated rings. The van der Waals surface area contributed by atoms with Crippen LogP contribution < -0.4 is 16.4 Å². The first-order valence-electron chi connectivity index (χ1n) is 5.50. The molecular weight excluding hydrogens is 208 g/mol. The van der Waals surface area contributed by atoms with Gasteiger partial charge in [0.1, 0.15) is 0 Å². The maximum atomic E-state index is 11.6. The van der Waals surface area contributed by atoms with Crippen LogP contribution in [0.3, 0.4) is 0 Å². The molecule has 0 aliphatic carbocycles. The smallest absolute Gasteiger partial charge is 0.318 e. The van der Waals surface area contributed by atoms with Crippen LogP contribution in [-0.2, 0) is 4.79 Å². The largest absolute Gasteiger partial charge is 0.351 e. The number of amides is 3. The minimum absolute atomic E-state index is 0.334. The van der Waals surface area contributed by atoms with E-state index in [1.807, 2.05) is 4.90 Å². The summed E-state index contributed by atoms with van der Waals surface area (Å²) in [5.41, 5.74) is 4.91. The third kappa shape index (κ3) is 3.46. The van der Waals surface area contributed by atoms with Crippen LogP contribution in [0.5, 0.6) is 0 Å². The highest BCUT2D eigenvalue weighted by Crippen LogP contribution is 2.08. The van der Waals surface area contributed by atoms with Crippen molar-refractivity contribution < 1.29 is 9.59 Å². The Labute approximate surface area is 95.5 Å². The minimum Gasteiger partial charge on any atom is -0.351 e. The molecule has 92 valence electrons. The molecule has 0 aromatic rings. The number of nitrogens with two attached hydrogens (primary N) is 1. The van der Waals surface area contributed by atoms with Crippen LogP contribution in [0.4, 0.5) is 4.79 Å². The Bertz CT molecular complexity index is 272. The van der Waals surface area contributed by atoms with Gasteiger partial charge in [0, 0.05) is 25.2 Å². The van der Waals surface area contributed by atoms with E-state index in [9.17, 15) is 9.59 Å². The van der Waals surface area contributed by atoms with E-state index in [0.717, 1.165) is 13.1 Å². The highest BCUT2D eigenvalue weighted by molar-refractivity contribution is 5.96. The molecule has 6 nitrogen and oxygen atoms in total. The van der Waals surface area contributed by atoms with E-state index in [4.69, 9.17) is 5.73 Å². The Hall–Kier alpha value is -1.14. The molecule has 4 N–H and O–H groups in total. The second-order valence-corrected chi connectivity index (χ2v) is 4.45. The van der Waals surface area contributed by atoms with Gasteiger partial charge in [-0.15, -0.1) is 0 Å². The number of nitrogens with zero attached hydrogens (tertiary/aromatic N) is 1. The van der Waals surface area contributed by atoms with Crippen molar-refractivity contribution in [2.75, 3.05) is 13.1 Å². The lowest BCUT2D eigenvalue weighted by Gasteiger charge is -2.38. The molecule has 16 heavy (non-hydrogen) atoms. The quantitative estimate of drug-likeness (QED) is 0.580. The molecule has 1 saturated heterocycles. The van der Waals surface area contributed by atoms with Gasteiger partial charge in [0.25, 0.3) is 0 Å². The van der Waals surface area contributed by atoms with Crippen LogP contribution in [0.2, 0.25) is 0 Å². The van der Waals surface area contributed by atoms with Gasteiger partial charge in [0.2, 0.25) is 5.91 Å². The van der Waals surface area contributed by atoms with Gasteiger partial charge in [-0.05, 0) is 20.8 Å². The van der Waals surface area contributed by atoms with Crippen LogP contribution in [0, 0.1) is 0 Å². The Morgan fingerprint density at radius 3 is 2.31 bits per heavy atom. The Morgan fingerprint density at radius 2 is 1.88 bits per heavy atom. The molecule has 6 heteroatoms. The molecular formula is C10H20N4O2. The highest BCUT2D eigenvalue weighted by atomic mass is 16.2. The van der Waals surface area contributed by atoms with Gasteiger partial charge in [0.05, 0.1) is 6.04 Å². The lowest BCUT2D eigenvalue weighted by atomic mass is 10.1. The maximum Gasteiger partial charge on any atom is 0.318 e. The standard InChI is InChI=1S/C10H20N4O2/c1-6-4-14(5-7(2)12-6)8(3)9(15)13-10(11)16/h6-8,12H,4-5H2,1-3H3,(H3,11,13,15,16). The third-order valence-corrected chi connectivity index (χ3v) is 2.76. The Kier molecular flexibility index (Phi) is 4.26. The van der Waals surface area contributed by atoms with E-state index in [1.165, 1.54) is 0 Å². The molecule has 1 rings (SSSR count). The van der Waals surface area contributed by atoms with Crippen LogP contribution in [0.15, 0.2) is 0 Å². The number of urea groups is 1. The third-order valence-electron chi connectivity index (χ3n) is 2.76. The molecule has 1 aliphatic heterocycles. The van der Waals surface area contributed by atoms with Crippen LogP contribution in [-0.4, -0.2) is 48.1 Å². The van der Waals surface area contributed by atoms with Crippen molar-refractivity contribution in [3.63, 3.8) is 0 Å². The summed E-state index contributed by atoms with van der Waals surface area (Å²) < 4.78 is 0. The van der Waals surface area contributed by atoms with Crippen molar-refractivity contribution >= 4 is 11.9 Å². The van der Waals surface area contributed by atoms with Gasteiger partial charge in [0.15, 0.2) is 0 Å². The zero-order valence-electron chi connectivity index (χ0n) is 9.99. The first kappa shape index (κ1) is 12.9. The van der Waals surface area contributed by atoms with Crippen molar-refractivity contribution in [1.82, 2.24) is 15.5 Å². The molecule has 1 heterocycles. The summed E-state index contributed by atoms with van der Waals surface area (Å²) in [5.74, 6) is -0.339. The van der Waals surface area contributed by atoms with Crippen molar-refractivity contribution in [1.29, 1.82) is 0 Å². The summed E-state index contributed by atoms with van der Waals surface area (Å²) in [7, 11) is 0. The van der Waals surface area contributed by atoms with Crippen molar-refractivity contribution in [2.24, 2.45) is 5.73 Å². The van der Waals surface area contributed by atoms with E-state index in [1.54, 1.807) is 6.92 Å². The fraction of sp³-hybridized carbons (Fsp3) is 0.800. The topological polar surface area (TPSA) is 87.5 Å². The van der Waals surface area contributed by atoms with E-state index < -0.39 is 6.03 Å². The first-order chi connectivity index (χ1) is 7.40. The normalized spacial score (nSPS) is 28.4. The molecule has 1 aliphatic rings. The molecule has 3 atom stereocenters. The number of primary amides is 1. The molecule has 0 aromatic carbocycles. The maximum absolute atomic E-state index is 11.6. The van der Waals surface area contributed by atoms with Crippen LogP contribution in [0.25, 0.3) is 0 Å². The van der Waals surface area contributed by atoms with E-state index >= 15 is 0 Å². The lowest BCUT2D eigenvalue weighted by molar-refractivity contribution is -0.125. The molecule has 0 aromatic heterocycles. The molecule has 0 bridgehead atoms. The van der Waals surface area contributed by atoms with Gasteiger partial charge >= 0.3 is 6.03 Å². The van der Waals surface area contributed by atoms with Crippen LogP contribution >= 0.6 is 0 Å². The second-order valence-electron chi connectivity index (χ2n) is 4.45. The zero-order chi connectivity index (χ0) is 12.3. The predicted octanol–water partition coefficient (Wildman–Crippen LogP) is -0.748. The summed E-state index contributed by atoms with van der Waals surface area (Å²) in [6.45, 7) is 7.50. The van der Waals surface area contributed by atoms with Gasteiger partial charge < -0.3 is 11.1 Å². The van der Waals surface area contributed by atoms with Crippen molar-refractivity contribution in [3.8, 4) is 0 Å². The summed E-state index contributed by atoms with van der Waals surface area (Å²) in [5, 5.41) is 5.49. The van der Waals surface area contributed by atoms with E-state index in [-0.39, 0.29) is 11.9 Å². The summed E-state index contributed by atoms with van der Waals surface area (Å²) in [6.07, 6.45) is 0. The summed E-state index contributed by atoms with van der Waals surface area (Å²) in [4.78, 5) is 24.2. The van der Waals surface area contributed by atoms with E-state index in [2.05, 4.69) is 24.5 Å². The number of hydrogen-bond acceptors (Lipinski definition) is 4. The van der Waals surface area contributed by atoms with Gasteiger partial charge in [-0.1, -0.05) is 0 Å². The number of nitrogens with one attached hydrogen (secondary N) is 2. The Balaban J connectivity index is 2.55. The number of piperazine rings is 1. The second kappa shape index (κ2) is 5.27. The number of carbonyl (C=O) groups excluding carboxylic acids is 2. The molecule has 0 spiro atoms. The zero-order valence-corrected chi connectivity index (χ0v) is 9.99. The average molecular weight is 228 g/mol. The van der Waals surface area contributed by atoms with Crippen LogP contribution in [0.1, 0.15) is 20.8 Å². The molecule has 0 saturated carbocycles. The van der Waals surface area contributed by atoms with Gasteiger partial charge in [-0.3, -0.25) is 15.0 Å². The molecule has 3 unspecified atom stereocenters. The molecule has 0 radical (unpaired) electrons. The Morgan fingerprint density at radius 1 is 1.38 bits per heavy atom. The SMILES string of the molecule is CC1CN(C(C)C(=O)NC(N)=O)CC(C)N1. The lowest BCUT2D eigenvalue weighted by Crippen LogP contribution is -2.59. The summed E-state index contributed by atoms with van der Waals surface area (Å²) in [6, 6.07) is -0.451. The number of imide groups is 1. The van der Waals surface area contributed by atoms with Gasteiger partial charge in [-0.2, -0.15) is 0 Å². The van der Waals surface area contributed by atoms with Gasteiger partial charge in [-0.25, -0.2) is 4.79 Å². The average Bonchev–Trinajstić information content (AvgIpc) is 2.13. The monoisotopic (exact) mass is 228 g/mol. The predicted molar refractivity (Wildman–Crippen MR) is 60.8 cm³/mol. The molecule has 3 amide bonds. The van der Waals surface area contributed by atoms with E-state index in [0.29, 0.717) is 12.1 Å². The highest BCUT2D eigenvalue weighted by Gasteiger charge is 2.28. The van der Waals surface area contributed by atoms with Crippen molar-refractivity contribution in [3.05, 3.63) is 0 Å². The number of hydrogen-bond donors (Lipinski definition) is 3. The number of rotatable bonds is 2. The minimum atomic E-state index is -0.798. The van der Waals surface area contributed by atoms with Crippen molar-refractivity contribution in [2.45, 2.75) is 38.9 Å². The first-order valence-corrected chi connectivity index (χ1v) is 5.50. The fourth-order valence-corrected chi connectivity index (χ4v) is 2.08.